The molecule has 3 N–H and O–H groups in total. The van der Waals surface area contributed by atoms with Gasteiger partial charge in [0.1, 0.15) is 5.69 Å². The van der Waals surface area contributed by atoms with Gasteiger partial charge in [-0.1, -0.05) is 19.9 Å². The normalized spacial score (nSPS) is 11.0. The van der Waals surface area contributed by atoms with E-state index >= 15 is 0 Å². The zero-order valence-electron chi connectivity index (χ0n) is 13.9. The van der Waals surface area contributed by atoms with Crippen molar-refractivity contribution in [2.24, 2.45) is 0 Å². The van der Waals surface area contributed by atoms with E-state index in [4.69, 9.17) is 0 Å². The van der Waals surface area contributed by atoms with E-state index in [9.17, 15) is 14.4 Å². The summed E-state index contributed by atoms with van der Waals surface area (Å²) in [7, 11) is 0. The molecule has 7 nitrogen and oxygen atoms in total. The third kappa shape index (κ3) is 3.65. The molecule has 3 rings (SSSR count). The summed E-state index contributed by atoms with van der Waals surface area (Å²) >= 11 is 0. The molecule has 0 fully saturated rings. The minimum Gasteiger partial charge on any atom is -0.346 e. The molecular formula is C18H18N4O3. The van der Waals surface area contributed by atoms with Crippen molar-refractivity contribution in [3.8, 4) is 0 Å². The highest BCUT2D eigenvalue weighted by molar-refractivity contribution is 5.92. The highest BCUT2D eigenvalue weighted by Gasteiger charge is 2.10. The lowest BCUT2D eigenvalue weighted by molar-refractivity contribution is 0.0944. The van der Waals surface area contributed by atoms with Crippen molar-refractivity contribution in [2.45, 2.75) is 26.3 Å². The van der Waals surface area contributed by atoms with Crippen LogP contribution in [0.15, 0.2) is 46.0 Å². The van der Waals surface area contributed by atoms with E-state index in [0.717, 1.165) is 10.9 Å². The highest BCUT2D eigenvalue weighted by atomic mass is 16.2. The van der Waals surface area contributed by atoms with Crippen LogP contribution < -0.4 is 16.4 Å². The van der Waals surface area contributed by atoms with Gasteiger partial charge in [-0.05, 0) is 41.1 Å². The molecule has 2 aromatic heterocycles. The van der Waals surface area contributed by atoms with E-state index in [0.29, 0.717) is 11.5 Å². The average Bonchev–Trinajstić information content (AvgIpc) is 2.59. The van der Waals surface area contributed by atoms with E-state index < -0.39 is 5.91 Å². The second kappa shape index (κ2) is 6.72. The predicted molar refractivity (Wildman–Crippen MR) is 94.7 cm³/mol. The Kier molecular flexibility index (Phi) is 4.47. The number of H-pyrrole nitrogens is 2. The molecule has 3 aromatic rings. The first-order valence-corrected chi connectivity index (χ1v) is 7.94. The number of fused-ring (bicyclic) bond motifs is 1. The van der Waals surface area contributed by atoms with Gasteiger partial charge in [-0.3, -0.25) is 14.4 Å². The molecule has 2 heterocycles. The summed E-state index contributed by atoms with van der Waals surface area (Å²) in [4.78, 5) is 38.0. The number of aromatic amines is 2. The molecular weight excluding hydrogens is 320 g/mol. The molecule has 0 aliphatic carbocycles. The Balaban J connectivity index is 1.84. The molecule has 0 radical (unpaired) electrons. The van der Waals surface area contributed by atoms with Crippen LogP contribution >= 0.6 is 0 Å². The fourth-order valence-electron chi connectivity index (χ4n) is 2.50. The lowest BCUT2D eigenvalue weighted by Crippen LogP contribution is -2.28. The largest absolute Gasteiger partial charge is 0.346 e. The number of benzene rings is 1. The first kappa shape index (κ1) is 16.6. The molecule has 0 bridgehead atoms. The number of nitrogens with zero attached hydrogens (tertiary/aromatic N) is 1. The van der Waals surface area contributed by atoms with E-state index in [2.05, 4.69) is 34.3 Å². The fraction of sp³-hybridized carbons (Fsp3) is 0.222. The molecule has 0 saturated heterocycles. The molecule has 7 heteroatoms. The van der Waals surface area contributed by atoms with Crippen LogP contribution in [0, 0.1) is 0 Å². The van der Waals surface area contributed by atoms with Gasteiger partial charge in [-0.15, -0.1) is 0 Å². The van der Waals surface area contributed by atoms with Crippen molar-refractivity contribution in [3.05, 3.63) is 73.9 Å². The van der Waals surface area contributed by atoms with Crippen molar-refractivity contribution >= 4 is 16.8 Å². The van der Waals surface area contributed by atoms with Gasteiger partial charge in [0, 0.05) is 23.7 Å². The number of rotatable bonds is 4. The number of amides is 1. The number of carbonyl (C=O) groups excluding carboxylic acids is 1. The third-order valence-electron chi connectivity index (χ3n) is 3.96. The van der Waals surface area contributed by atoms with Crippen LogP contribution in [0.3, 0.4) is 0 Å². The van der Waals surface area contributed by atoms with Crippen molar-refractivity contribution in [2.75, 3.05) is 0 Å². The average molecular weight is 338 g/mol. The van der Waals surface area contributed by atoms with Gasteiger partial charge in [0.15, 0.2) is 0 Å². The first-order valence-electron chi connectivity index (χ1n) is 7.94. The smallest absolute Gasteiger partial charge is 0.271 e. The maximum atomic E-state index is 12.2. The number of aromatic nitrogens is 3. The highest BCUT2D eigenvalue weighted by Crippen LogP contribution is 2.19. The first-order chi connectivity index (χ1) is 11.9. The summed E-state index contributed by atoms with van der Waals surface area (Å²) in [6, 6.07) is 10.2. The molecule has 0 spiro atoms. The van der Waals surface area contributed by atoms with Crippen molar-refractivity contribution in [1.82, 2.24) is 20.5 Å². The molecule has 0 aliphatic rings. The maximum absolute atomic E-state index is 12.2. The Bertz CT molecular complexity index is 1030. The van der Waals surface area contributed by atoms with Gasteiger partial charge in [-0.25, -0.2) is 5.10 Å². The lowest BCUT2D eigenvalue weighted by atomic mass is 10.0. The number of hydrogen-bond acceptors (Lipinski definition) is 4. The summed E-state index contributed by atoms with van der Waals surface area (Å²) in [5.74, 6) is -0.0857. The lowest BCUT2D eigenvalue weighted by Gasteiger charge is -2.09. The predicted octanol–water partition coefficient (Wildman–Crippen LogP) is 1.66. The molecule has 0 atom stereocenters. The SMILES string of the molecule is CC(C)c1ccc2[nH]c(=O)c(CNC(=O)c3ccc(=O)[nH]n3)cc2c1. The summed E-state index contributed by atoms with van der Waals surface area (Å²) in [6.45, 7) is 4.27. The zero-order valence-corrected chi connectivity index (χ0v) is 13.9. The quantitative estimate of drug-likeness (QED) is 0.672. The standard InChI is InChI=1S/C18H18N4O3/c1-10(2)11-3-4-14-12(7-11)8-13(17(24)20-14)9-19-18(25)15-5-6-16(23)22-21-15/h3-8,10H,9H2,1-2H3,(H,19,25)(H,20,24)(H,22,23). The molecule has 1 aromatic carbocycles. The minimum atomic E-state index is -0.466. The Morgan fingerprint density at radius 1 is 1.16 bits per heavy atom. The fourth-order valence-corrected chi connectivity index (χ4v) is 2.50. The topological polar surface area (TPSA) is 108 Å². The molecule has 0 aliphatic heterocycles. The summed E-state index contributed by atoms with van der Waals surface area (Å²) in [5.41, 5.74) is 1.83. The van der Waals surface area contributed by atoms with Crippen LogP contribution in [0.2, 0.25) is 0 Å². The second-order valence-electron chi connectivity index (χ2n) is 6.11. The number of carbonyl (C=O) groups is 1. The molecule has 0 unspecified atom stereocenters. The van der Waals surface area contributed by atoms with Gasteiger partial charge < -0.3 is 10.3 Å². The number of hydrogen-bond donors (Lipinski definition) is 3. The third-order valence-corrected chi connectivity index (χ3v) is 3.96. The minimum absolute atomic E-state index is 0.0663. The number of nitrogens with one attached hydrogen (secondary N) is 3. The van der Waals surface area contributed by atoms with E-state index in [1.165, 1.54) is 17.7 Å². The monoisotopic (exact) mass is 338 g/mol. The van der Waals surface area contributed by atoms with E-state index in [-0.39, 0.29) is 23.4 Å². The van der Waals surface area contributed by atoms with E-state index in [1.807, 2.05) is 18.2 Å². The zero-order chi connectivity index (χ0) is 18.0. The Hall–Kier alpha value is -3.22. The molecule has 25 heavy (non-hydrogen) atoms. The van der Waals surface area contributed by atoms with Crippen LogP contribution in [-0.2, 0) is 6.54 Å². The van der Waals surface area contributed by atoms with Crippen LogP contribution in [0.1, 0.15) is 41.4 Å². The Labute approximate surface area is 143 Å². The molecule has 0 saturated carbocycles. The Morgan fingerprint density at radius 3 is 2.64 bits per heavy atom. The number of pyridine rings is 1. The van der Waals surface area contributed by atoms with Gasteiger partial charge in [0.2, 0.25) is 0 Å². The van der Waals surface area contributed by atoms with Crippen molar-refractivity contribution in [1.29, 1.82) is 0 Å². The molecule has 1 amide bonds. The molecule has 128 valence electrons. The van der Waals surface area contributed by atoms with Gasteiger partial charge in [0.25, 0.3) is 17.0 Å². The van der Waals surface area contributed by atoms with Crippen LogP contribution in [-0.4, -0.2) is 21.1 Å². The van der Waals surface area contributed by atoms with E-state index in [1.54, 1.807) is 6.07 Å². The van der Waals surface area contributed by atoms with Gasteiger partial charge in [0.05, 0.1) is 0 Å². The summed E-state index contributed by atoms with van der Waals surface area (Å²) < 4.78 is 0. The summed E-state index contributed by atoms with van der Waals surface area (Å²) in [5, 5.41) is 9.40. The van der Waals surface area contributed by atoms with Gasteiger partial charge >= 0.3 is 0 Å². The van der Waals surface area contributed by atoms with Crippen LogP contribution in [0.25, 0.3) is 10.9 Å². The van der Waals surface area contributed by atoms with Gasteiger partial charge in [-0.2, -0.15) is 5.10 Å². The van der Waals surface area contributed by atoms with Crippen LogP contribution in [0.5, 0.6) is 0 Å². The van der Waals surface area contributed by atoms with Crippen molar-refractivity contribution in [3.63, 3.8) is 0 Å². The maximum Gasteiger partial charge on any atom is 0.271 e. The Morgan fingerprint density at radius 2 is 1.96 bits per heavy atom. The van der Waals surface area contributed by atoms with Crippen LogP contribution in [0.4, 0.5) is 0 Å². The summed E-state index contributed by atoms with van der Waals surface area (Å²) in [6.07, 6.45) is 0. The van der Waals surface area contributed by atoms with Crippen molar-refractivity contribution < 1.29 is 4.79 Å². The second-order valence-corrected chi connectivity index (χ2v) is 6.11.